The van der Waals surface area contributed by atoms with Gasteiger partial charge in [0.25, 0.3) is 0 Å². The summed E-state index contributed by atoms with van der Waals surface area (Å²) in [7, 11) is 1.61. The lowest BCUT2D eigenvalue weighted by Gasteiger charge is -2.04. The van der Waals surface area contributed by atoms with Crippen molar-refractivity contribution in [2.75, 3.05) is 6.54 Å². The van der Waals surface area contributed by atoms with Gasteiger partial charge < -0.3 is 10.4 Å². The molecule has 2 rings (SSSR count). The Kier molecular flexibility index (Phi) is 4.62. The Labute approximate surface area is 128 Å². The minimum Gasteiger partial charge on any atom is -0.508 e. The van der Waals surface area contributed by atoms with Crippen LogP contribution >= 0.6 is 30.3 Å². The van der Waals surface area contributed by atoms with Gasteiger partial charge >= 0.3 is 0 Å². The molecule has 0 spiro atoms. The van der Waals surface area contributed by atoms with E-state index in [2.05, 4.69) is 37.4 Å². The van der Waals surface area contributed by atoms with Crippen LogP contribution in [0, 0.1) is 6.92 Å². The standard InChI is InChI=1S/C13H15IN2O2S/c1-8-11(5-6-15-9(2)17)12-7-10(18)3-4-13(12)16(8)19-14/h3-4,7,18H,5-6H2,1-2H3,(H,15,17). The van der Waals surface area contributed by atoms with Gasteiger partial charge in [0, 0.05) is 54.9 Å². The van der Waals surface area contributed by atoms with E-state index < -0.39 is 0 Å². The van der Waals surface area contributed by atoms with Gasteiger partial charge in [0.1, 0.15) is 5.75 Å². The molecule has 0 saturated carbocycles. The number of hydrogen-bond acceptors (Lipinski definition) is 3. The SMILES string of the molecule is CC(=O)NCCc1c(C)n(SI)c2ccc(O)cc12. The van der Waals surface area contributed by atoms with E-state index in [-0.39, 0.29) is 11.7 Å². The molecule has 0 saturated heterocycles. The average molecular weight is 390 g/mol. The normalized spacial score (nSPS) is 10.9. The lowest BCUT2D eigenvalue weighted by molar-refractivity contribution is -0.118. The zero-order valence-corrected chi connectivity index (χ0v) is 13.7. The summed E-state index contributed by atoms with van der Waals surface area (Å²) in [5.74, 6) is 0.247. The number of aromatic hydroxyl groups is 1. The fraction of sp³-hybridized carbons (Fsp3) is 0.308. The van der Waals surface area contributed by atoms with Crippen molar-refractivity contribution in [2.24, 2.45) is 0 Å². The number of fused-ring (bicyclic) bond motifs is 1. The number of carbonyl (C=O) groups is 1. The van der Waals surface area contributed by atoms with Gasteiger partial charge in [-0.15, -0.1) is 0 Å². The maximum atomic E-state index is 10.9. The smallest absolute Gasteiger partial charge is 0.216 e. The number of rotatable bonds is 4. The molecule has 0 aliphatic rings. The number of aromatic nitrogens is 1. The zero-order valence-electron chi connectivity index (χ0n) is 10.7. The van der Waals surface area contributed by atoms with E-state index in [1.54, 1.807) is 21.3 Å². The molecule has 1 amide bonds. The second-order valence-electron chi connectivity index (χ2n) is 4.36. The number of nitrogens with one attached hydrogen (secondary N) is 1. The first kappa shape index (κ1) is 14.5. The second-order valence-corrected chi connectivity index (χ2v) is 6.05. The van der Waals surface area contributed by atoms with E-state index in [4.69, 9.17) is 0 Å². The van der Waals surface area contributed by atoms with Crippen LogP contribution in [-0.4, -0.2) is 21.5 Å². The highest BCUT2D eigenvalue weighted by atomic mass is 127. The molecule has 19 heavy (non-hydrogen) atoms. The van der Waals surface area contributed by atoms with Crippen molar-refractivity contribution in [1.82, 2.24) is 9.29 Å². The van der Waals surface area contributed by atoms with Gasteiger partial charge in [-0.2, -0.15) is 0 Å². The first-order valence-electron chi connectivity index (χ1n) is 5.91. The monoisotopic (exact) mass is 390 g/mol. The van der Waals surface area contributed by atoms with Crippen molar-refractivity contribution in [3.63, 3.8) is 0 Å². The summed E-state index contributed by atoms with van der Waals surface area (Å²) in [6, 6.07) is 5.41. The quantitative estimate of drug-likeness (QED) is 0.789. The number of hydrogen-bond donors (Lipinski definition) is 2. The topological polar surface area (TPSA) is 54.3 Å². The molecule has 6 heteroatoms. The molecule has 0 radical (unpaired) electrons. The first-order valence-corrected chi connectivity index (χ1v) is 9.22. The molecule has 0 aliphatic carbocycles. The molecule has 1 heterocycles. The molecule has 0 aliphatic heterocycles. The van der Waals surface area contributed by atoms with Crippen molar-refractivity contribution in [1.29, 1.82) is 0 Å². The van der Waals surface area contributed by atoms with Crippen LogP contribution in [0.15, 0.2) is 18.2 Å². The van der Waals surface area contributed by atoms with Gasteiger partial charge in [-0.3, -0.25) is 8.77 Å². The van der Waals surface area contributed by atoms with Crippen molar-refractivity contribution in [3.8, 4) is 5.75 Å². The molecule has 0 fully saturated rings. The first-order chi connectivity index (χ1) is 9.04. The maximum Gasteiger partial charge on any atom is 0.216 e. The fourth-order valence-corrected chi connectivity index (χ4v) is 4.18. The molecule has 1 aromatic carbocycles. The molecule has 0 atom stereocenters. The summed E-state index contributed by atoms with van der Waals surface area (Å²) in [6.45, 7) is 4.19. The summed E-state index contributed by atoms with van der Waals surface area (Å²) in [5, 5.41) is 13.5. The summed E-state index contributed by atoms with van der Waals surface area (Å²) in [4.78, 5) is 10.9. The predicted octanol–water partition coefficient (Wildman–Crippen LogP) is 3.18. The number of carbonyl (C=O) groups excluding carboxylic acids is 1. The summed E-state index contributed by atoms with van der Waals surface area (Å²) < 4.78 is 2.14. The van der Waals surface area contributed by atoms with Crippen LogP contribution in [0.2, 0.25) is 0 Å². The largest absolute Gasteiger partial charge is 0.508 e. The van der Waals surface area contributed by atoms with Gasteiger partial charge in [0.2, 0.25) is 5.91 Å². The summed E-state index contributed by atoms with van der Waals surface area (Å²) in [6.07, 6.45) is 0.759. The molecular formula is C13H15IN2O2S. The third-order valence-electron chi connectivity index (χ3n) is 3.08. The van der Waals surface area contributed by atoms with E-state index in [0.29, 0.717) is 6.54 Å². The van der Waals surface area contributed by atoms with E-state index in [0.717, 1.165) is 23.0 Å². The van der Waals surface area contributed by atoms with E-state index >= 15 is 0 Å². The Morgan fingerprint density at radius 1 is 1.53 bits per heavy atom. The molecule has 1 aromatic heterocycles. The lowest BCUT2D eigenvalue weighted by Crippen LogP contribution is -2.22. The molecule has 4 nitrogen and oxygen atoms in total. The molecule has 2 N–H and O–H groups in total. The van der Waals surface area contributed by atoms with Gasteiger partial charge in [-0.05, 0) is 37.1 Å². The van der Waals surface area contributed by atoms with Crippen LogP contribution in [0.4, 0.5) is 0 Å². The Morgan fingerprint density at radius 2 is 2.26 bits per heavy atom. The van der Waals surface area contributed by atoms with Crippen molar-refractivity contribution < 1.29 is 9.90 Å². The van der Waals surface area contributed by atoms with Crippen LogP contribution in [0.25, 0.3) is 10.9 Å². The minimum atomic E-state index is -0.0208. The van der Waals surface area contributed by atoms with Crippen molar-refractivity contribution in [3.05, 3.63) is 29.5 Å². The van der Waals surface area contributed by atoms with Gasteiger partial charge in [-0.1, -0.05) is 0 Å². The van der Waals surface area contributed by atoms with E-state index in [1.807, 2.05) is 6.07 Å². The number of phenols is 1. The van der Waals surface area contributed by atoms with Crippen LogP contribution in [0.1, 0.15) is 18.2 Å². The lowest BCUT2D eigenvalue weighted by atomic mass is 10.1. The van der Waals surface area contributed by atoms with E-state index in [9.17, 15) is 9.90 Å². The third kappa shape index (κ3) is 3.00. The van der Waals surface area contributed by atoms with Gasteiger partial charge in [0.05, 0.1) is 5.52 Å². The molecule has 0 bridgehead atoms. The maximum absolute atomic E-state index is 10.9. The molecule has 0 unspecified atom stereocenters. The molecular weight excluding hydrogens is 375 g/mol. The predicted molar refractivity (Wildman–Crippen MR) is 87.7 cm³/mol. The van der Waals surface area contributed by atoms with Crippen molar-refractivity contribution >= 4 is 47.1 Å². The number of amides is 1. The van der Waals surface area contributed by atoms with Crippen molar-refractivity contribution in [2.45, 2.75) is 20.3 Å². The van der Waals surface area contributed by atoms with Gasteiger partial charge in [-0.25, -0.2) is 0 Å². The highest BCUT2D eigenvalue weighted by molar-refractivity contribution is 14.2. The van der Waals surface area contributed by atoms with Crippen LogP contribution < -0.4 is 5.32 Å². The number of benzene rings is 1. The summed E-state index contributed by atoms with van der Waals surface area (Å²) in [5.41, 5.74) is 3.42. The Hall–Kier alpha value is -0.890. The Bertz CT molecular complexity index is 625. The van der Waals surface area contributed by atoms with Gasteiger partial charge in [0.15, 0.2) is 0 Å². The van der Waals surface area contributed by atoms with Crippen LogP contribution in [0.3, 0.4) is 0 Å². The number of nitrogens with zero attached hydrogens (tertiary/aromatic N) is 1. The number of halogens is 1. The minimum absolute atomic E-state index is 0.0208. The van der Waals surface area contributed by atoms with Crippen LogP contribution in [0.5, 0.6) is 5.75 Å². The average Bonchev–Trinajstić information content (AvgIpc) is 2.61. The summed E-state index contributed by atoms with van der Waals surface area (Å²) >= 11 is 2.24. The Balaban J connectivity index is 2.43. The highest BCUT2D eigenvalue weighted by Gasteiger charge is 2.14. The fourth-order valence-electron chi connectivity index (χ4n) is 2.21. The molecule has 2 aromatic rings. The highest BCUT2D eigenvalue weighted by Crippen LogP contribution is 2.34. The van der Waals surface area contributed by atoms with E-state index in [1.165, 1.54) is 12.5 Å². The number of phenolic OH excluding ortho intramolecular Hbond substituents is 1. The second kappa shape index (κ2) is 6.04. The Morgan fingerprint density at radius 3 is 2.89 bits per heavy atom. The molecule has 102 valence electrons. The van der Waals surface area contributed by atoms with Crippen LogP contribution in [-0.2, 0) is 11.2 Å². The third-order valence-corrected chi connectivity index (χ3v) is 4.87. The zero-order chi connectivity index (χ0) is 14.0.